The molecule has 3 N–H and O–H groups in total. The van der Waals surface area contributed by atoms with Crippen molar-refractivity contribution in [2.45, 2.75) is 24.0 Å². The number of benzene rings is 4. The predicted molar refractivity (Wildman–Crippen MR) is 203 cm³/mol. The Kier molecular flexibility index (Phi) is 11.9. The molecule has 1 heterocycles. The number of carbonyl (C=O) groups excluding carboxylic acids is 3. The highest BCUT2D eigenvalue weighted by Gasteiger charge is 2.22. The van der Waals surface area contributed by atoms with E-state index in [1.54, 1.807) is 92.3 Å². The van der Waals surface area contributed by atoms with Gasteiger partial charge in [-0.2, -0.15) is 0 Å². The highest BCUT2D eigenvalue weighted by atomic mass is 32.2. The number of nitrogens with zero attached hydrogens (tertiary/aromatic N) is 2. The predicted octanol–water partition coefficient (Wildman–Crippen LogP) is 6.04. The van der Waals surface area contributed by atoms with Gasteiger partial charge in [-0.15, -0.1) is 11.8 Å². The SMILES string of the molecule is COc1cc(/C=C(\NC(=O)c2ccccc2)C(=O)Nc2ccc(SC(C)C(=O)Nc3c(C)n(C)n(-c4ccccc4)c3=O)cc2)cc(OC)c1OC. The number of amides is 3. The summed E-state index contributed by atoms with van der Waals surface area (Å²) in [5, 5.41) is 7.81. The molecule has 0 bridgehead atoms. The molecule has 12 nitrogen and oxygen atoms in total. The summed E-state index contributed by atoms with van der Waals surface area (Å²) in [6, 6.07) is 28.0. The third kappa shape index (κ3) is 8.38. The van der Waals surface area contributed by atoms with Crippen molar-refractivity contribution >= 4 is 46.9 Å². The second-order valence-electron chi connectivity index (χ2n) is 11.5. The minimum absolute atomic E-state index is 0.0330. The van der Waals surface area contributed by atoms with Gasteiger partial charge in [0.2, 0.25) is 11.7 Å². The first-order chi connectivity index (χ1) is 25.0. The van der Waals surface area contributed by atoms with Crippen molar-refractivity contribution in [2.75, 3.05) is 32.0 Å². The molecule has 4 aromatic carbocycles. The van der Waals surface area contributed by atoms with Gasteiger partial charge in [-0.25, -0.2) is 4.68 Å². The van der Waals surface area contributed by atoms with Gasteiger partial charge in [-0.3, -0.25) is 23.9 Å². The number of thioether (sulfide) groups is 1. The maximum Gasteiger partial charge on any atom is 0.295 e. The lowest BCUT2D eigenvalue weighted by atomic mass is 10.1. The van der Waals surface area contributed by atoms with E-state index in [1.807, 2.05) is 30.3 Å². The number of para-hydroxylation sites is 1. The lowest BCUT2D eigenvalue weighted by molar-refractivity contribution is -0.115. The van der Waals surface area contributed by atoms with E-state index < -0.39 is 17.1 Å². The summed E-state index contributed by atoms with van der Waals surface area (Å²) in [7, 11) is 6.22. The smallest absolute Gasteiger partial charge is 0.295 e. The summed E-state index contributed by atoms with van der Waals surface area (Å²) in [4.78, 5) is 54.0. The molecule has 0 aliphatic heterocycles. The average molecular weight is 722 g/mol. The number of nitrogens with one attached hydrogen (secondary N) is 3. The number of methoxy groups -OCH3 is 3. The molecular formula is C39H39N5O7S. The molecule has 1 unspecified atom stereocenters. The maximum atomic E-state index is 13.6. The summed E-state index contributed by atoms with van der Waals surface area (Å²) in [6.07, 6.45) is 1.51. The number of anilines is 2. The zero-order valence-electron chi connectivity index (χ0n) is 29.6. The van der Waals surface area contributed by atoms with Crippen molar-refractivity contribution in [1.82, 2.24) is 14.7 Å². The van der Waals surface area contributed by atoms with Crippen LogP contribution in [0, 0.1) is 6.92 Å². The lowest BCUT2D eigenvalue weighted by Gasteiger charge is -2.15. The van der Waals surface area contributed by atoms with Crippen LogP contribution in [0.15, 0.2) is 112 Å². The van der Waals surface area contributed by atoms with Crippen LogP contribution in [0.25, 0.3) is 11.8 Å². The van der Waals surface area contributed by atoms with Crippen LogP contribution >= 0.6 is 11.8 Å². The summed E-state index contributed by atoms with van der Waals surface area (Å²) in [6.45, 7) is 3.53. The van der Waals surface area contributed by atoms with Crippen LogP contribution in [-0.2, 0) is 16.6 Å². The van der Waals surface area contributed by atoms with Crippen LogP contribution in [0.2, 0.25) is 0 Å². The molecule has 0 aliphatic carbocycles. The average Bonchev–Trinajstić information content (AvgIpc) is 3.37. The highest BCUT2D eigenvalue weighted by molar-refractivity contribution is 8.00. The zero-order valence-corrected chi connectivity index (χ0v) is 30.4. The largest absolute Gasteiger partial charge is 0.493 e. The van der Waals surface area contributed by atoms with Crippen molar-refractivity contribution in [3.63, 3.8) is 0 Å². The highest BCUT2D eigenvalue weighted by Crippen LogP contribution is 2.38. The molecule has 0 fully saturated rings. The fraction of sp³-hybridized carbons (Fsp3) is 0.179. The molecule has 1 aromatic heterocycles. The third-order valence-corrected chi connectivity index (χ3v) is 9.24. The number of aromatic nitrogens is 2. The van der Waals surface area contributed by atoms with Crippen LogP contribution in [0.3, 0.4) is 0 Å². The molecule has 52 heavy (non-hydrogen) atoms. The Labute approximate surface area is 305 Å². The van der Waals surface area contributed by atoms with Crippen LogP contribution in [0.1, 0.15) is 28.5 Å². The van der Waals surface area contributed by atoms with Gasteiger partial charge in [0.05, 0.1) is 38.0 Å². The molecule has 5 aromatic rings. The molecule has 0 saturated heterocycles. The normalized spacial score (nSPS) is 11.7. The Balaban J connectivity index is 1.31. The summed E-state index contributed by atoms with van der Waals surface area (Å²) < 4.78 is 19.5. The van der Waals surface area contributed by atoms with Gasteiger partial charge < -0.3 is 30.2 Å². The fourth-order valence-corrected chi connectivity index (χ4v) is 6.17. The number of ether oxygens (including phenoxy) is 3. The van der Waals surface area contributed by atoms with Crippen LogP contribution in [0.4, 0.5) is 11.4 Å². The van der Waals surface area contributed by atoms with E-state index in [9.17, 15) is 19.2 Å². The van der Waals surface area contributed by atoms with E-state index in [0.717, 1.165) is 4.90 Å². The molecule has 0 aliphatic rings. The molecule has 0 spiro atoms. The topological polar surface area (TPSA) is 142 Å². The molecule has 1 atom stereocenters. The molecule has 5 rings (SSSR count). The van der Waals surface area contributed by atoms with E-state index in [1.165, 1.54) is 43.8 Å². The van der Waals surface area contributed by atoms with Crippen molar-refractivity contribution in [2.24, 2.45) is 7.05 Å². The number of hydrogen-bond acceptors (Lipinski definition) is 8. The van der Waals surface area contributed by atoms with E-state index in [2.05, 4.69) is 16.0 Å². The summed E-state index contributed by atoms with van der Waals surface area (Å²) >= 11 is 1.30. The molecular weight excluding hydrogens is 683 g/mol. The summed E-state index contributed by atoms with van der Waals surface area (Å²) in [5.41, 5.74) is 2.51. The molecule has 268 valence electrons. The first-order valence-electron chi connectivity index (χ1n) is 16.2. The zero-order chi connectivity index (χ0) is 37.4. The number of rotatable bonds is 13. The van der Waals surface area contributed by atoms with Crippen LogP contribution in [-0.4, -0.2) is 53.7 Å². The van der Waals surface area contributed by atoms with Gasteiger partial charge >= 0.3 is 0 Å². The van der Waals surface area contributed by atoms with Crippen LogP contribution < -0.4 is 35.7 Å². The van der Waals surface area contributed by atoms with Crippen molar-refractivity contribution in [3.8, 4) is 22.9 Å². The monoisotopic (exact) mass is 721 g/mol. The van der Waals surface area contributed by atoms with Gasteiger partial charge in [0.15, 0.2) is 11.5 Å². The Hall–Kier alpha value is -6.21. The molecule has 13 heteroatoms. The van der Waals surface area contributed by atoms with Crippen molar-refractivity contribution in [1.29, 1.82) is 0 Å². The first kappa shape index (κ1) is 37.1. The number of hydrogen-bond donors (Lipinski definition) is 3. The van der Waals surface area contributed by atoms with E-state index >= 15 is 0 Å². The lowest BCUT2D eigenvalue weighted by Crippen LogP contribution is -2.30. The van der Waals surface area contributed by atoms with Gasteiger partial charge in [0, 0.05) is 23.2 Å². The van der Waals surface area contributed by atoms with E-state index in [-0.39, 0.29) is 22.9 Å². The van der Waals surface area contributed by atoms with Gasteiger partial charge in [-0.1, -0.05) is 36.4 Å². The van der Waals surface area contributed by atoms with E-state index in [0.29, 0.717) is 45.4 Å². The first-order valence-corrected chi connectivity index (χ1v) is 17.0. The Morgan fingerprint density at radius 1 is 0.808 bits per heavy atom. The maximum absolute atomic E-state index is 13.6. The minimum atomic E-state index is -0.578. The van der Waals surface area contributed by atoms with Crippen molar-refractivity contribution < 1.29 is 28.6 Å². The number of carbonyl (C=O) groups is 3. The Morgan fingerprint density at radius 3 is 1.98 bits per heavy atom. The van der Waals surface area contributed by atoms with Gasteiger partial charge in [0.25, 0.3) is 17.4 Å². The van der Waals surface area contributed by atoms with E-state index in [4.69, 9.17) is 14.2 Å². The quantitative estimate of drug-likeness (QED) is 0.0988. The van der Waals surface area contributed by atoms with Crippen LogP contribution in [0.5, 0.6) is 17.2 Å². The standard InChI is InChI=1S/C39H39N5O7S/c1-24-34(39(48)44(43(24)3)29-15-11-8-12-16-29)42-36(45)25(2)52-30-19-17-28(18-20-30)40-38(47)31(41-37(46)27-13-9-7-10-14-27)21-26-22-32(49-4)35(51-6)33(23-26)50-5/h7-23,25H,1-6H3,(H,40,47)(H,41,46)(H,42,45)/b31-21-. The molecule has 0 saturated carbocycles. The minimum Gasteiger partial charge on any atom is -0.493 e. The third-order valence-electron chi connectivity index (χ3n) is 8.12. The van der Waals surface area contributed by atoms with Crippen molar-refractivity contribution in [3.05, 3.63) is 130 Å². The van der Waals surface area contributed by atoms with Gasteiger partial charge in [-0.05, 0) is 86.2 Å². The molecule has 0 radical (unpaired) electrons. The second kappa shape index (κ2) is 16.7. The molecule has 3 amide bonds. The fourth-order valence-electron chi connectivity index (χ4n) is 5.30. The second-order valence-corrected chi connectivity index (χ2v) is 12.9. The Morgan fingerprint density at radius 2 is 1.40 bits per heavy atom. The Bertz CT molecular complexity index is 2140. The van der Waals surface area contributed by atoms with Gasteiger partial charge in [0.1, 0.15) is 11.4 Å². The summed E-state index contributed by atoms with van der Waals surface area (Å²) in [5.74, 6) is -0.247.